The fraction of sp³-hybridized carbons (Fsp3) is 0.409. The van der Waals surface area contributed by atoms with Gasteiger partial charge in [-0.2, -0.15) is 0 Å². The number of carbonyl (C=O) groups is 1. The zero-order valence-corrected chi connectivity index (χ0v) is 18.2. The third kappa shape index (κ3) is 2.99. The van der Waals surface area contributed by atoms with Crippen LogP contribution < -0.4 is 15.5 Å². The van der Waals surface area contributed by atoms with Crippen molar-refractivity contribution in [2.75, 3.05) is 23.9 Å². The van der Waals surface area contributed by atoms with Crippen LogP contribution >= 0.6 is 0 Å². The maximum Gasteiger partial charge on any atom is 0.260 e. The van der Waals surface area contributed by atoms with Crippen LogP contribution in [0.1, 0.15) is 41.9 Å². The Morgan fingerprint density at radius 2 is 2.06 bits per heavy atom. The van der Waals surface area contributed by atoms with E-state index in [1.54, 1.807) is 11.2 Å². The number of nitrogens with two attached hydrogens (primary N) is 1. The van der Waals surface area contributed by atoms with Gasteiger partial charge in [0.1, 0.15) is 23.7 Å². The van der Waals surface area contributed by atoms with Gasteiger partial charge < -0.3 is 15.2 Å². The van der Waals surface area contributed by atoms with Crippen LogP contribution in [0.4, 0.5) is 11.6 Å². The van der Waals surface area contributed by atoms with E-state index in [1.807, 2.05) is 54.8 Å². The molecule has 2 unspecified atom stereocenters. The summed E-state index contributed by atoms with van der Waals surface area (Å²) in [6.45, 7) is 5.30. The molecule has 1 aliphatic heterocycles. The van der Waals surface area contributed by atoms with Gasteiger partial charge in [-0.1, -0.05) is 13.0 Å². The van der Waals surface area contributed by atoms with Crippen LogP contribution in [-0.2, 0) is 18.6 Å². The number of hydrogen-bond acceptors (Lipinski definition) is 7. The molecule has 160 valence electrons. The second kappa shape index (κ2) is 6.84. The molecule has 0 spiro atoms. The first-order chi connectivity index (χ1) is 14.8. The van der Waals surface area contributed by atoms with Gasteiger partial charge in [0.15, 0.2) is 5.82 Å². The molecule has 31 heavy (non-hydrogen) atoms. The monoisotopic (exact) mass is 418 g/mol. The summed E-state index contributed by atoms with van der Waals surface area (Å²) in [6, 6.07) is 7.47. The molecule has 9 heteroatoms. The number of aryl methyl sites for hydroxylation is 1. The second-order valence-electron chi connectivity index (χ2n) is 8.61. The topological polar surface area (TPSA) is 106 Å². The summed E-state index contributed by atoms with van der Waals surface area (Å²) >= 11 is 0. The molecule has 3 aromatic rings. The van der Waals surface area contributed by atoms with E-state index in [2.05, 4.69) is 17.1 Å². The van der Waals surface area contributed by atoms with Crippen molar-refractivity contribution >= 4 is 17.5 Å². The number of fused-ring (bicyclic) bond motifs is 1. The van der Waals surface area contributed by atoms with E-state index in [4.69, 9.17) is 15.7 Å². The highest BCUT2D eigenvalue weighted by molar-refractivity contribution is 6.10. The molecule has 2 N–H and O–H groups in total. The Balaban J connectivity index is 1.57. The molecule has 0 saturated heterocycles. The average Bonchev–Trinajstić information content (AvgIpc) is 3.12. The van der Waals surface area contributed by atoms with Gasteiger partial charge in [-0.3, -0.25) is 9.69 Å². The van der Waals surface area contributed by atoms with Gasteiger partial charge in [0.25, 0.3) is 5.91 Å². The first-order valence-electron chi connectivity index (χ1n) is 10.5. The molecular formula is C22H26N8O. The maximum atomic E-state index is 13.4. The normalized spacial score (nSPS) is 22.0. The van der Waals surface area contributed by atoms with Crippen LogP contribution in [-0.4, -0.2) is 44.7 Å². The Bertz CT molecular complexity index is 1190. The predicted octanol–water partition coefficient (Wildman–Crippen LogP) is 2.18. The van der Waals surface area contributed by atoms with Gasteiger partial charge in [0, 0.05) is 26.2 Å². The highest BCUT2D eigenvalue weighted by atomic mass is 16.2. The first-order valence-corrected chi connectivity index (χ1v) is 10.5. The quantitative estimate of drug-likeness (QED) is 0.677. The summed E-state index contributed by atoms with van der Waals surface area (Å²) in [5, 5.41) is 8.18. The van der Waals surface area contributed by atoms with Crippen LogP contribution in [0.25, 0.3) is 11.5 Å². The van der Waals surface area contributed by atoms with Crippen LogP contribution in [0.2, 0.25) is 0 Å². The van der Waals surface area contributed by atoms with Gasteiger partial charge in [-0.05, 0) is 37.5 Å². The predicted molar refractivity (Wildman–Crippen MR) is 118 cm³/mol. The van der Waals surface area contributed by atoms with Crippen molar-refractivity contribution in [1.29, 1.82) is 0 Å². The molecule has 1 amide bonds. The number of aromatic nitrogens is 5. The van der Waals surface area contributed by atoms with Crippen LogP contribution in [0.5, 0.6) is 0 Å². The van der Waals surface area contributed by atoms with Crippen molar-refractivity contribution in [2.24, 2.45) is 11.7 Å². The number of rotatable bonds is 5. The van der Waals surface area contributed by atoms with Crippen molar-refractivity contribution in [1.82, 2.24) is 24.7 Å². The molecule has 5 rings (SSSR count). The molecule has 0 bridgehead atoms. The molecule has 2 atom stereocenters. The maximum absolute atomic E-state index is 13.4. The van der Waals surface area contributed by atoms with E-state index >= 15 is 0 Å². The lowest BCUT2D eigenvalue weighted by atomic mass is 10.0. The molecule has 9 nitrogen and oxygen atoms in total. The largest absolute Gasteiger partial charge is 0.363 e. The van der Waals surface area contributed by atoms with E-state index in [-0.39, 0.29) is 5.91 Å². The summed E-state index contributed by atoms with van der Waals surface area (Å²) in [5.41, 5.74) is 9.26. The lowest BCUT2D eigenvalue weighted by Crippen LogP contribution is -2.27. The Hall–Kier alpha value is -3.33. The molecular weight excluding hydrogens is 392 g/mol. The number of carbonyl (C=O) groups excluding carboxylic acids is 1. The van der Waals surface area contributed by atoms with E-state index < -0.39 is 5.54 Å². The third-order valence-corrected chi connectivity index (χ3v) is 6.36. The summed E-state index contributed by atoms with van der Waals surface area (Å²) in [7, 11) is 3.84. The van der Waals surface area contributed by atoms with Crippen molar-refractivity contribution in [3.05, 3.63) is 47.4 Å². The zero-order valence-electron chi connectivity index (χ0n) is 18.2. The molecule has 3 aromatic heterocycles. The highest BCUT2D eigenvalue weighted by Crippen LogP contribution is 2.51. The van der Waals surface area contributed by atoms with Gasteiger partial charge in [0.05, 0.1) is 23.3 Å². The highest BCUT2D eigenvalue weighted by Gasteiger charge is 2.53. The minimum absolute atomic E-state index is 0.0831. The van der Waals surface area contributed by atoms with E-state index in [0.29, 0.717) is 35.4 Å². The first kappa shape index (κ1) is 19.6. The fourth-order valence-electron chi connectivity index (χ4n) is 4.24. The van der Waals surface area contributed by atoms with Gasteiger partial charge >= 0.3 is 0 Å². The fourth-order valence-corrected chi connectivity index (χ4v) is 4.24. The lowest BCUT2D eigenvalue weighted by Gasteiger charge is -2.19. The van der Waals surface area contributed by atoms with Crippen LogP contribution in [0, 0.1) is 5.92 Å². The molecule has 0 radical (unpaired) electrons. The Morgan fingerprint density at radius 3 is 2.74 bits per heavy atom. The number of hydrogen-bond donors (Lipinski definition) is 1. The molecule has 2 aliphatic rings. The molecule has 1 fully saturated rings. The molecule has 1 saturated carbocycles. The van der Waals surface area contributed by atoms with E-state index in [1.165, 1.54) is 0 Å². The number of anilines is 2. The second-order valence-corrected chi connectivity index (χ2v) is 8.61. The summed E-state index contributed by atoms with van der Waals surface area (Å²) in [4.78, 5) is 26.6. The molecule has 4 heterocycles. The lowest BCUT2D eigenvalue weighted by molar-refractivity contribution is 0.0996. The van der Waals surface area contributed by atoms with E-state index in [0.717, 1.165) is 30.0 Å². The van der Waals surface area contributed by atoms with Crippen molar-refractivity contribution in [3.63, 3.8) is 0 Å². The smallest absolute Gasteiger partial charge is 0.260 e. The van der Waals surface area contributed by atoms with Crippen molar-refractivity contribution < 1.29 is 4.79 Å². The Morgan fingerprint density at radius 1 is 1.29 bits per heavy atom. The zero-order chi connectivity index (χ0) is 21.9. The molecule has 0 aromatic carbocycles. The standard InChI is InChI=1S/C22H26N8O/c1-5-29-12-24-27-20(29)16-7-6-8-17(25-16)30-11-15-14(21(30)31)9-18(28(3)4)26-19(15)22(23)10-13(22)2/h6-9,12-13H,5,10-11,23H2,1-4H3. The van der Waals surface area contributed by atoms with Crippen LogP contribution in [0.15, 0.2) is 30.6 Å². The van der Waals surface area contributed by atoms with E-state index in [9.17, 15) is 4.79 Å². The summed E-state index contributed by atoms with van der Waals surface area (Å²) in [6.07, 6.45) is 2.55. The van der Waals surface area contributed by atoms with Crippen molar-refractivity contribution in [2.45, 2.75) is 38.9 Å². The van der Waals surface area contributed by atoms with Gasteiger partial charge in [-0.25, -0.2) is 9.97 Å². The van der Waals surface area contributed by atoms with Gasteiger partial charge in [0.2, 0.25) is 0 Å². The minimum Gasteiger partial charge on any atom is -0.363 e. The Labute approximate surface area is 180 Å². The number of pyridine rings is 2. The minimum atomic E-state index is -0.473. The van der Waals surface area contributed by atoms with Gasteiger partial charge in [-0.15, -0.1) is 10.2 Å². The number of nitrogens with zero attached hydrogens (tertiary/aromatic N) is 7. The summed E-state index contributed by atoms with van der Waals surface area (Å²) < 4.78 is 1.92. The molecule has 1 aliphatic carbocycles. The SMILES string of the molecule is CCn1cnnc1-c1cccc(N2Cc3c(cc(N(C)C)nc3C3(N)CC3C)C2=O)n1. The average molecular weight is 419 g/mol. The summed E-state index contributed by atoms with van der Waals surface area (Å²) in [5.74, 6) is 2.26. The number of amides is 1. The van der Waals surface area contributed by atoms with Crippen LogP contribution in [0.3, 0.4) is 0 Å². The Kier molecular flexibility index (Phi) is 4.33. The third-order valence-electron chi connectivity index (χ3n) is 6.36. The van der Waals surface area contributed by atoms with Crippen molar-refractivity contribution in [3.8, 4) is 11.5 Å².